The number of thiazole rings is 1. The third-order valence-electron chi connectivity index (χ3n) is 3.69. The summed E-state index contributed by atoms with van der Waals surface area (Å²) in [6.45, 7) is 6.56. The predicted octanol–water partition coefficient (Wildman–Crippen LogP) is 5.93. The maximum absolute atomic E-state index is 6.08. The van der Waals surface area contributed by atoms with Crippen LogP contribution in [0.4, 0.5) is 0 Å². The highest BCUT2D eigenvalue weighted by Crippen LogP contribution is 2.29. The summed E-state index contributed by atoms with van der Waals surface area (Å²) in [7, 11) is 0. The van der Waals surface area contributed by atoms with Crippen LogP contribution < -0.4 is 4.74 Å². The van der Waals surface area contributed by atoms with Crippen LogP contribution in [0.2, 0.25) is 0 Å². The Bertz CT molecular complexity index is 552. The minimum absolute atomic E-state index is 0.00131. The number of benzene rings is 1. The van der Waals surface area contributed by atoms with Gasteiger partial charge < -0.3 is 4.74 Å². The van der Waals surface area contributed by atoms with Crippen LogP contribution in [0, 0.1) is 0 Å². The topological polar surface area (TPSA) is 22.1 Å². The molecule has 1 aromatic heterocycles. The van der Waals surface area contributed by atoms with E-state index in [9.17, 15) is 0 Å². The quantitative estimate of drug-likeness (QED) is 0.589. The molecule has 0 saturated carbocycles. The molecule has 2 atom stereocenters. The minimum Gasteiger partial charge on any atom is -0.483 e. The Morgan fingerprint density at radius 3 is 2.43 bits per heavy atom. The SMILES string of the molecule is CCC(C)c1ccc(OC(CC)c2nc(CCl)cs2)cc1. The number of rotatable bonds is 7. The summed E-state index contributed by atoms with van der Waals surface area (Å²) >= 11 is 7.43. The maximum atomic E-state index is 6.08. The molecule has 0 aliphatic heterocycles. The third-order valence-corrected chi connectivity index (χ3v) is 4.95. The van der Waals surface area contributed by atoms with Crippen LogP contribution in [0.15, 0.2) is 29.6 Å². The molecule has 2 nitrogen and oxygen atoms in total. The Balaban J connectivity index is 2.07. The summed E-state index contributed by atoms with van der Waals surface area (Å²) in [5, 5.41) is 3.00. The molecule has 0 N–H and O–H groups in total. The molecule has 0 spiro atoms. The average molecular weight is 324 g/mol. The van der Waals surface area contributed by atoms with E-state index in [-0.39, 0.29) is 6.10 Å². The number of aromatic nitrogens is 1. The van der Waals surface area contributed by atoms with Gasteiger partial charge in [0.15, 0.2) is 0 Å². The van der Waals surface area contributed by atoms with E-state index in [1.807, 2.05) is 5.38 Å². The number of ether oxygens (including phenoxy) is 1. The fourth-order valence-corrected chi connectivity index (χ4v) is 3.27. The van der Waals surface area contributed by atoms with Gasteiger partial charge in [-0.2, -0.15) is 0 Å². The fourth-order valence-electron chi connectivity index (χ4n) is 2.12. The number of nitrogens with zero attached hydrogens (tertiary/aromatic N) is 1. The van der Waals surface area contributed by atoms with Crippen molar-refractivity contribution in [2.75, 3.05) is 0 Å². The van der Waals surface area contributed by atoms with Gasteiger partial charge in [-0.05, 0) is 36.5 Å². The van der Waals surface area contributed by atoms with Gasteiger partial charge in [-0.3, -0.25) is 0 Å². The van der Waals surface area contributed by atoms with Crippen molar-refractivity contribution in [3.63, 3.8) is 0 Å². The molecule has 2 rings (SSSR count). The van der Waals surface area contributed by atoms with Crippen LogP contribution in [0.3, 0.4) is 0 Å². The molecule has 0 saturated heterocycles. The Morgan fingerprint density at radius 1 is 1.19 bits per heavy atom. The van der Waals surface area contributed by atoms with Gasteiger partial charge in [0, 0.05) is 5.38 Å². The molecule has 0 aliphatic rings. The van der Waals surface area contributed by atoms with E-state index >= 15 is 0 Å². The highest BCUT2D eigenvalue weighted by atomic mass is 35.5. The van der Waals surface area contributed by atoms with E-state index < -0.39 is 0 Å². The van der Waals surface area contributed by atoms with Crippen LogP contribution in [0.1, 0.15) is 61.9 Å². The van der Waals surface area contributed by atoms with E-state index in [1.54, 1.807) is 11.3 Å². The van der Waals surface area contributed by atoms with Gasteiger partial charge >= 0.3 is 0 Å². The van der Waals surface area contributed by atoms with E-state index in [1.165, 1.54) is 5.56 Å². The van der Waals surface area contributed by atoms with Crippen molar-refractivity contribution in [1.82, 2.24) is 4.98 Å². The number of hydrogen-bond donors (Lipinski definition) is 0. The minimum atomic E-state index is 0.00131. The molecular formula is C17H22ClNOS. The number of halogens is 1. The van der Waals surface area contributed by atoms with Gasteiger partial charge in [-0.1, -0.05) is 32.9 Å². The molecule has 114 valence electrons. The van der Waals surface area contributed by atoms with Crippen LogP contribution in [-0.2, 0) is 5.88 Å². The van der Waals surface area contributed by atoms with Gasteiger partial charge in [-0.25, -0.2) is 4.98 Å². The van der Waals surface area contributed by atoms with E-state index in [2.05, 4.69) is 50.0 Å². The Morgan fingerprint density at radius 2 is 1.90 bits per heavy atom. The fraction of sp³-hybridized carbons (Fsp3) is 0.471. The van der Waals surface area contributed by atoms with Crippen molar-refractivity contribution in [3.8, 4) is 5.75 Å². The summed E-state index contributed by atoms with van der Waals surface area (Å²) < 4.78 is 6.08. The monoisotopic (exact) mass is 323 g/mol. The molecule has 0 fully saturated rings. The first-order valence-electron chi connectivity index (χ1n) is 7.44. The lowest BCUT2D eigenvalue weighted by molar-refractivity contribution is 0.200. The second-order valence-corrected chi connectivity index (χ2v) is 6.36. The zero-order chi connectivity index (χ0) is 15.2. The number of hydrogen-bond acceptors (Lipinski definition) is 3. The van der Waals surface area contributed by atoms with Gasteiger partial charge in [-0.15, -0.1) is 22.9 Å². The molecule has 0 radical (unpaired) electrons. The van der Waals surface area contributed by atoms with E-state index in [0.717, 1.165) is 29.3 Å². The molecule has 0 amide bonds. The van der Waals surface area contributed by atoms with Gasteiger partial charge in [0.25, 0.3) is 0 Å². The van der Waals surface area contributed by atoms with Crippen LogP contribution in [0.25, 0.3) is 0 Å². The largest absolute Gasteiger partial charge is 0.483 e. The van der Waals surface area contributed by atoms with Crippen LogP contribution in [0.5, 0.6) is 5.75 Å². The lowest BCUT2D eigenvalue weighted by atomic mass is 9.99. The second kappa shape index (κ2) is 7.81. The third kappa shape index (κ3) is 4.21. The van der Waals surface area contributed by atoms with Gasteiger partial charge in [0.1, 0.15) is 16.9 Å². The lowest BCUT2D eigenvalue weighted by Gasteiger charge is -2.16. The smallest absolute Gasteiger partial charge is 0.150 e. The molecule has 4 heteroatoms. The Hall–Kier alpha value is -1.06. The van der Waals surface area contributed by atoms with Crippen molar-refractivity contribution in [2.45, 2.75) is 51.5 Å². The first-order valence-corrected chi connectivity index (χ1v) is 8.86. The highest BCUT2D eigenvalue weighted by Gasteiger charge is 2.15. The molecular weight excluding hydrogens is 302 g/mol. The highest BCUT2D eigenvalue weighted by molar-refractivity contribution is 7.09. The molecule has 1 heterocycles. The normalized spacial score (nSPS) is 13.9. The van der Waals surface area contributed by atoms with Crippen molar-refractivity contribution < 1.29 is 4.74 Å². The van der Waals surface area contributed by atoms with Crippen molar-refractivity contribution in [3.05, 3.63) is 45.9 Å². The first kappa shape index (κ1) is 16.3. The Kier molecular flexibility index (Phi) is 6.07. The number of alkyl halides is 1. The van der Waals surface area contributed by atoms with Crippen molar-refractivity contribution >= 4 is 22.9 Å². The summed E-state index contributed by atoms with van der Waals surface area (Å²) in [6, 6.07) is 8.42. The maximum Gasteiger partial charge on any atom is 0.150 e. The zero-order valence-electron chi connectivity index (χ0n) is 12.8. The summed E-state index contributed by atoms with van der Waals surface area (Å²) in [5.74, 6) is 1.94. The van der Waals surface area contributed by atoms with E-state index in [4.69, 9.17) is 16.3 Å². The van der Waals surface area contributed by atoms with E-state index in [0.29, 0.717) is 11.8 Å². The summed E-state index contributed by atoms with van der Waals surface area (Å²) in [4.78, 5) is 4.52. The Labute approximate surface area is 136 Å². The molecule has 1 aromatic carbocycles. The molecule has 2 aromatic rings. The van der Waals surface area contributed by atoms with Crippen LogP contribution in [-0.4, -0.2) is 4.98 Å². The lowest BCUT2D eigenvalue weighted by Crippen LogP contribution is -2.06. The molecule has 0 aliphatic carbocycles. The average Bonchev–Trinajstić information content (AvgIpc) is 3.01. The molecule has 0 bridgehead atoms. The second-order valence-electron chi connectivity index (χ2n) is 5.20. The molecule has 2 unspecified atom stereocenters. The van der Waals surface area contributed by atoms with Crippen molar-refractivity contribution in [1.29, 1.82) is 0 Å². The standard InChI is InChI=1S/C17H22ClNOS/c1-4-12(3)13-6-8-15(9-7-13)20-16(5-2)17-19-14(10-18)11-21-17/h6-9,11-12,16H,4-5,10H2,1-3H3. The summed E-state index contributed by atoms with van der Waals surface area (Å²) in [5.41, 5.74) is 2.28. The van der Waals surface area contributed by atoms with Crippen molar-refractivity contribution in [2.24, 2.45) is 0 Å². The van der Waals surface area contributed by atoms with Crippen LogP contribution >= 0.6 is 22.9 Å². The summed E-state index contributed by atoms with van der Waals surface area (Å²) in [6.07, 6.45) is 2.04. The predicted molar refractivity (Wildman–Crippen MR) is 90.5 cm³/mol. The first-order chi connectivity index (χ1) is 10.2. The zero-order valence-corrected chi connectivity index (χ0v) is 14.4. The van der Waals surface area contributed by atoms with Gasteiger partial charge in [0.2, 0.25) is 0 Å². The van der Waals surface area contributed by atoms with Gasteiger partial charge in [0.05, 0.1) is 11.6 Å². The molecule has 21 heavy (non-hydrogen) atoms.